The molecule has 8 nitrogen and oxygen atoms in total. The third-order valence-corrected chi connectivity index (χ3v) is 6.63. The molecule has 5 rings (SSSR count). The molecule has 0 bridgehead atoms. The van der Waals surface area contributed by atoms with E-state index in [1.165, 1.54) is 0 Å². The second kappa shape index (κ2) is 9.54. The van der Waals surface area contributed by atoms with Gasteiger partial charge in [-0.15, -0.1) is 0 Å². The summed E-state index contributed by atoms with van der Waals surface area (Å²) < 4.78 is 5.27. The van der Waals surface area contributed by atoms with Crippen LogP contribution < -0.4 is 0 Å². The van der Waals surface area contributed by atoms with Gasteiger partial charge in [-0.1, -0.05) is 30.7 Å². The van der Waals surface area contributed by atoms with Gasteiger partial charge in [0.15, 0.2) is 0 Å². The standard InChI is InChI=1S/C26H26ClN5O3/c1-3-10-35-26(34)32-9-8-31(15-16(32)2)25(33)18-4-6-20-21(27)13-23(29-24(20)12-18)17-5-7-22-19(11-17)14-28-30-22/h4-7,11-14,16H,3,8-10,15H2,1-2H3,(H,28,30). The second-order valence-electron chi connectivity index (χ2n) is 8.80. The Morgan fingerprint density at radius 1 is 1.17 bits per heavy atom. The van der Waals surface area contributed by atoms with Gasteiger partial charge in [0.05, 0.1) is 34.6 Å². The molecule has 2 amide bonds. The summed E-state index contributed by atoms with van der Waals surface area (Å²) in [5.74, 6) is -0.0940. The molecule has 0 aliphatic carbocycles. The van der Waals surface area contributed by atoms with E-state index in [2.05, 4.69) is 10.2 Å². The molecule has 1 unspecified atom stereocenters. The van der Waals surface area contributed by atoms with E-state index in [4.69, 9.17) is 21.3 Å². The topological polar surface area (TPSA) is 91.4 Å². The Kier molecular flexibility index (Phi) is 6.30. The Hall–Kier alpha value is -3.65. The average molecular weight is 492 g/mol. The highest BCUT2D eigenvalue weighted by molar-refractivity contribution is 6.35. The number of aromatic amines is 1. The maximum atomic E-state index is 13.3. The number of carbonyl (C=O) groups is 2. The number of pyridine rings is 1. The zero-order valence-corrected chi connectivity index (χ0v) is 20.4. The highest BCUT2D eigenvalue weighted by atomic mass is 35.5. The molecule has 9 heteroatoms. The largest absolute Gasteiger partial charge is 0.449 e. The van der Waals surface area contributed by atoms with Crippen LogP contribution in [-0.2, 0) is 4.74 Å². The van der Waals surface area contributed by atoms with Gasteiger partial charge in [0.1, 0.15) is 0 Å². The van der Waals surface area contributed by atoms with Crippen molar-refractivity contribution in [3.8, 4) is 11.3 Å². The lowest BCUT2D eigenvalue weighted by atomic mass is 10.1. The fourth-order valence-electron chi connectivity index (χ4n) is 4.44. The minimum Gasteiger partial charge on any atom is -0.449 e. The highest BCUT2D eigenvalue weighted by Crippen LogP contribution is 2.30. The third-order valence-electron chi connectivity index (χ3n) is 6.32. The predicted molar refractivity (Wildman–Crippen MR) is 136 cm³/mol. The SMILES string of the molecule is CCCOC(=O)N1CCN(C(=O)c2ccc3c(Cl)cc(-c4ccc5[nH]ncc5c4)nc3c2)CC1C. The number of piperazine rings is 1. The molecule has 2 aromatic carbocycles. The average Bonchev–Trinajstić information content (AvgIpc) is 3.34. The minimum atomic E-state index is -0.322. The van der Waals surface area contributed by atoms with Gasteiger partial charge in [0.2, 0.25) is 0 Å². The Bertz CT molecular complexity index is 1420. The van der Waals surface area contributed by atoms with Crippen molar-refractivity contribution in [2.75, 3.05) is 26.2 Å². The summed E-state index contributed by atoms with van der Waals surface area (Å²) in [5, 5.41) is 9.35. The number of amides is 2. The number of hydrogen-bond acceptors (Lipinski definition) is 5. The number of hydrogen-bond donors (Lipinski definition) is 1. The first kappa shape index (κ1) is 23.1. The number of H-pyrrole nitrogens is 1. The molecule has 180 valence electrons. The normalized spacial score (nSPS) is 16.1. The van der Waals surface area contributed by atoms with Gasteiger partial charge in [-0.05, 0) is 43.7 Å². The van der Waals surface area contributed by atoms with Crippen LogP contribution in [0.4, 0.5) is 4.79 Å². The van der Waals surface area contributed by atoms with Gasteiger partial charge >= 0.3 is 6.09 Å². The number of rotatable bonds is 4. The number of nitrogens with zero attached hydrogens (tertiary/aromatic N) is 4. The molecule has 0 saturated carbocycles. The minimum absolute atomic E-state index is 0.0940. The molecule has 1 atom stereocenters. The Morgan fingerprint density at radius 3 is 2.83 bits per heavy atom. The fourth-order valence-corrected chi connectivity index (χ4v) is 4.70. The first-order valence-electron chi connectivity index (χ1n) is 11.7. The van der Waals surface area contributed by atoms with Crippen LogP contribution in [0.15, 0.2) is 48.7 Å². The number of halogens is 1. The number of carbonyl (C=O) groups excluding carboxylic acids is 2. The van der Waals surface area contributed by atoms with E-state index in [1.54, 1.807) is 28.1 Å². The highest BCUT2D eigenvalue weighted by Gasteiger charge is 2.31. The number of aromatic nitrogens is 3. The lowest BCUT2D eigenvalue weighted by Crippen LogP contribution is -2.55. The Balaban J connectivity index is 1.39. The quantitative estimate of drug-likeness (QED) is 0.427. The van der Waals surface area contributed by atoms with Gasteiger partial charge in [-0.3, -0.25) is 9.89 Å². The fraction of sp³-hybridized carbons (Fsp3) is 0.308. The van der Waals surface area contributed by atoms with Crippen molar-refractivity contribution in [2.24, 2.45) is 0 Å². The molecular formula is C26H26ClN5O3. The van der Waals surface area contributed by atoms with Gasteiger partial charge in [0.25, 0.3) is 5.91 Å². The third kappa shape index (κ3) is 4.53. The van der Waals surface area contributed by atoms with Crippen molar-refractivity contribution in [1.29, 1.82) is 0 Å². The van der Waals surface area contributed by atoms with E-state index in [9.17, 15) is 9.59 Å². The molecule has 1 aliphatic rings. The first-order valence-corrected chi connectivity index (χ1v) is 12.1. The van der Waals surface area contributed by atoms with Crippen LogP contribution in [0.5, 0.6) is 0 Å². The Labute approximate surface area is 207 Å². The molecule has 0 radical (unpaired) electrons. The predicted octanol–water partition coefficient (Wildman–Crippen LogP) is 5.12. The van der Waals surface area contributed by atoms with Crippen LogP contribution in [0.3, 0.4) is 0 Å². The molecule has 0 spiro atoms. The summed E-state index contributed by atoms with van der Waals surface area (Å²) >= 11 is 6.59. The number of ether oxygens (including phenoxy) is 1. The lowest BCUT2D eigenvalue weighted by Gasteiger charge is -2.39. The van der Waals surface area contributed by atoms with Gasteiger partial charge in [-0.25, -0.2) is 9.78 Å². The van der Waals surface area contributed by atoms with Crippen molar-refractivity contribution in [3.05, 3.63) is 59.2 Å². The molecule has 3 heterocycles. The molecular weight excluding hydrogens is 466 g/mol. The van der Waals surface area contributed by atoms with Gasteiger partial charge in [0, 0.05) is 47.6 Å². The zero-order valence-electron chi connectivity index (χ0n) is 19.6. The van der Waals surface area contributed by atoms with Crippen molar-refractivity contribution >= 4 is 45.4 Å². The number of nitrogens with one attached hydrogen (secondary N) is 1. The Morgan fingerprint density at radius 2 is 2.03 bits per heavy atom. The van der Waals surface area contributed by atoms with Crippen molar-refractivity contribution < 1.29 is 14.3 Å². The lowest BCUT2D eigenvalue weighted by molar-refractivity contribution is 0.0412. The number of benzene rings is 2. The summed E-state index contributed by atoms with van der Waals surface area (Å²) in [7, 11) is 0. The summed E-state index contributed by atoms with van der Waals surface area (Å²) in [6, 6.07) is 13.0. The summed E-state index contributed by atoms with van der Waals surface area (Å²) in [4.78, 5) is 33.9. The van der Waals surface area contributed by atoms with Crippen molar-refractivity contribution in [1.82, 2.24) is 25.0 Å². The zero-order chi connectivity index (χ0) is 24.5. The monoisotopic (exact) mass is 491 g/mol. The molecule has 1 fully saturated rings. The maximum absolute atomic E-state index is 13.3. The van der Waals surface area contributed by atoms with Crippen LogP contribution in [0.25, 0.3) is 33.1 Å². The van der Waals surface area contributed by atoms with Crippen LogP contribution in [-0.4, -0.2) is 69.3 Å². The van der Waals surface area contributed by atoms with Crippen molar-refractivity contribution in [2.45, 2.75) is 26.3 Å². The van der Waals surface area contributed by atoms with Gasteiger partial charge in [-0.2, -0.15) is 5.10 Å². The van der Waals surface area contributed by atoms with Crippen LogP contribution in [0.2, 0.25) is 5.02 Å². The van der Waals surface area contributed by atoms with E-state index < -0.39 is 0 Å². The smallest absolute Gasteiger partial charge is 0.410 e. The van der Waals surface area contributed by atoms with Crippen LogP contribution in [0, 0.1) is 0 Å². The molecule has 35 heavy (non-hydrogen) atoms. The van der Waals surface area contributed by atoms with E-state index in [-0.39, 0.29) is 18.0 Å². The summed E-state index contributed by atoms with van der Waals surface area (Å²) in [6.07, 6.45) is 2.22. The summed E-state index contributed by atoms with van der Waals surface area (Å²) in [5.41, 5.74) is 3.78. The van der Waals surface area contributed by atoms with Crippen LogP contribution in [0.1, 0.15) is 30.6 Å². The van der Waals surface area contributed by atoms with Gasteiger partial charge < -0.3 is 14.5 Å². The molecule has 1 N–H and O–H groups in total. The maximum Gasteiger partial charge on any atom is 0.410 e. The molecule has 2 aromatic heterocycles. The summed E-state index contributed by atoms with van der Waals surface area (Å²) in [6.45, 7) is 5.61. The molecule has 1 saturated heterocycles. The van der Waals surface area contributed by atoms with Crippen molar-refractivity contribution in [3.63, 3.8) is 0 Å². The molecule has 4 aromatic rings. The van der Waals surface area contributed by atoms with E-state index in [0.717, 1.165) is 34.0 Å². The van der Waals surface area contributed by atoms with E-state index >= 15 is 0 Å². The number of fused-ring (bicyclic) bond motifs is 2. The van der Waals surface area contributed by atoms with E-state index in [0.29, 0.717) is 42.3 Å². The van der Waals surface area contributed by atoms with Crippen LogP contribution >= 0.6 is 11.6 Å². The van der Waals surface area contributed by atoms with E-state index in [1.807, 2.05) is 44.2 Å². The first-order chi connectivity index (χ1) is 16.9. The molecule has 1 aliphatic heterocycles. The second-order valence-corrected chi connectivity index (χ2v) is 9.21.